The van der Waals surface area contributed by atoms with Crippen LogP contribution in [0.1, 0.15) is 29.6 Å². The second-order valence-electron chi connectivity index (χ2n) is 4.25. The van der Waals surface area contributed by atoms with Crippen LogP contribution in [0.25, 0.3) is 0 Å². The minimum Gasteiger partial charge on any atom is -0.338 e. The first-order chi connectivity index (χ1) is 8.61. The highest BCUT2D eigenvalue weighted by molar-refractivity contribution is 6.33. The highest BCUT2D eigenvalue weighted by Gasteiger charge is 2.27. The van der Waals surface area contributed by atoms with E-state index >= 15 is 0 Å². The van der Waals surface area contributed by atoms with Crippen LogP contribution in [0.2, 0.25) is 5.02 Å². The molecule has 0 saturated carbocycles. The lowest BCUT2D eigenvalue weighted by atomic mass is 10.1. The summed E-state index contributed by atoms with van der Waals surface area (Å²) in [5.74, 6) is -0.302. The molecule has 0 atom stereocenters. The fourth-order valence-electron chi connectivity index (χ4n) is 2.14. The van der Waals surface area contributed by atoms with Crippen LogP contribution in [0, 0.1) is 10.1 Å². The predicted octanol–water partition coefficient (Wildman–Crippen LogP) is 2.87. The van der Waals surface area contributed by atoms with Crippen molar-refractivity contribution in [2.45, 2.75) is 19.3 Å². The molecule has 0 spiro atoms. The molecule has 0 radical (unpaired) electrons. The number of nitro groups is 1. The molecule has 18 heavy (non-hydrogen) atoms. The molecule has 0 aromatic heterocycles. The molecule has 1 aliphatic rings. The zero-order chi connectivity index (χ0) is 13.1. The second kappa shape index (κ2) is 5.35. The van der Waals surface area contributed by atoms with E-state index in [0.717, 1.165) is 19.3 Å². The normalized spacial score (nSPS) is 15.5. The minimum atomic E-state index is -0.598. The molecule has 0 aliphatic carbocycles. The number of halogens is 1. The third kappa shape index (κ3) is 2.46. The van der Waals surface area contributed by atoms with Gasteiger partial charge in [0.1, 0.15) is 10.6 Å². The van der Waals surface area contributed by atoms with Crippen molar-refractivity contribution in [3.05, 3.63) is 38.9 Å². The summed E-state index contributed by atoms with van der Waals surface area (Å²) in [7, 11) is 0. The van der Waals surface area contributed by atoms with Crippen molar-refractivity contribution in [1.82, 2.24) is 4.90 Å². The molecule has 0 unspecified atom stereocenters. The number of carbonyl (C=O) groups is 1. The SMILES string of the molecule is O=C(c1cccc(Cl)c1[N+](=O)[O-])N1CCCCC1. The average molecular weight is 269 g/mol. The molecule has 96 valence electrons. The topological polar surface area (TPSA) is 63.4 Å². The molecule has 2 rings (SSSR count). The van der Waals surface area contributed by atoms with Crippen molar-refractivity contribution >= 4 is 23.2 Å². The molecule has 0 N–H and O–H groups in total. The van der Waals surface area contributed by atoms with Gasteiger partial charge >= 0.3 is 5.69 Å². The van der Waals surface area contributed by atoms with E-state index in [1.807, 2.05) is 0 Å². The number of para-hydroxylation sites is 1. The lowest BCUT2D eigenvalue weighted by Gasteiger charge is -2.26. The zero-order valence-electron chi connectivity index (χ0n) is 9.76. The number of rotatable bonds is 2. The fourth-order valence-corrected chi connectivity index (χ4v) is 2.38. The van der Waals surface area contributed by atoms with Gasteiger partial charge in [0, 0.05) is 13.1 Å². The summed E-state index contributed by atoms with van der Waals surface area (Å²) in [6.45, 7) is 1.31. The Bertz CT molecular complexity index is 484. The first-order valence-corrected chi connectivity index (χ1v) is 6.21. The van der Waals surface area contributed by atoms with E-state index in [1.54, 1.807) is 11.0 Å². The van der Waals surface area contributed by atoms with Gasteiger partial charge in [-0.05, 0) is 31.4 Å². The maximum Gasteiger partial charge on any atom is 0.300 e. The van der Waals surface area contributed by atoms with Crippen LogP contribution in [0.5, 0.6) is 0 Å². The van der Waals surface area contributed by atoms with Gasteiger partial charge in [-0.1, -0.05) is 17.7 Å². The van der Waals surface area contributed by atoms with Crippen molar-refractivity contribution in [3.8, 4) is 0 Å². The van der Waals surface area contributed by atoms with E-state index < -0.39 is 4.92 Å². The summed E-state index contributed by atoms with van der Waals surface area (Å²) in [5, 5.41) is 11.0. The van der Waals surface area contributed by atoms with Gasteiger partial charge in [-0.3, -0.25) is 14.9 Å². The van der Waals surface area contributed by atoms with Crippen LogP contribution < -0.4 is 0 Å². The number of piperidine rings is 1. The Hall–Kier alpha value is -1.62. The first kappa shape index (κ1) is 12.8. The Kier molecular flexibility index (Phi) is 3.81. The number of hydrogen-bond acceptors (Lipinski definition) is 3. The second-order valence-corrected chi connectivity index (χ2v) is 4.65. The Labute approximate surface area is 109 Å². The smallest absolute Gasteiger partial charge is 0.300 e. The molecule has 1 aliphatic heterocycles. The quantitative estimate of drug-likeness (QED) is 0.612. The van der Waals surface area contributed by atoms with Gasteiger partial charge in [0.15, 0.2) is 0 Å². The molecular weight excluding hydrogens is 256 g/mol. The van der Waals surface area contributed by atoms with Gasteiger partial charge in [0.25, 0.3) is 5.91 Å². The van der Waals surface area contributed by atoms with Crippen LogP contribution in [0.3, 0.4) is 0 Å². The van der Waals surface area contributed by atoms with Gasteiger partial charge in [-0.15, -0.1) is 0 Å². The monoisotopic (exact) mass is 268 g/mol. The molecule has 1 heterocycles. The van der Waals surface area contributed by atoms with Crippen LogP contribution in [0.15, 0.2) is 18.2 Å². The third-order valence-electron chi connectivity index (χ3n) is 3.04. The molecule has 1 fully saturated rings. The van der Waals surface area contributed by atoms with E-state index in [1.165, 1.54) is 12.1 Å². The molecule has 1 aromatic carbocycles. The van der Waals surface area contributed by atoms with Crippen molar-refractivity contribution in [1.29, 1.82) is 0 Å². The lowest BCUT2D eigenvalue weighted by Crippen LogP contribution is -2.35. The number of likely N-dealkylation sites (tertiary alicyclic amines) is 1. The Morgan fingerprint density at radius 1 is 1.28 bits per heavy atom. The van der Waals surface area contributed by atoms with E-state index in [9.17, 15) is 14.9 Å². The largest absolute Gasteiger partial charge is 0.338 e. The maximum atomic E-state index is 12.2. The molecule has 1 aromatic rings. The number of amides is 1. The van der Waals surface area contributed by atoms with Crippen LogP contribution in [-0.4, -0.2) is 28.8 Å². The third-order valence-corrected chi connectivity index (χ3v) is 3.35. The predicted molar refractivity (Wildman–Crippen MR) is 67.9 cm³/mol. The van der Waals surface area contributed by atoms with Gasteiger partial charge in [-0.2, -0.15) is 0 Å². The van der Waals surface area contributed by atoms with E-state index in [-0.39, 0.29) is 22.2 Å². The van der Waals surface area contributed by atoms with Crippen molar-refractivity contribution < 1.29 is 9.72 Å². The van der Waals surface area contributed by atoms with E-state index in [4.69, 9.17) is 11.6 Å². The van der Waals surface area contributed by atoms with Gasteiger partial charge in [-0.25, -0.2) is 0 Å². The Morgan fingerprint density at radius 3 is 2.56 bits per heavy atom. The number of hydrogen-bond donors (Lipinski definition) is 0. The zero-order valence-corrected chi connectivity index (χ0v) is 10.5. The number of carbonyl (C=O) groups excluding carboxylic acids is 1. The van der Waals surface area contributed by atoms with Gasteiger partial charge in [0.2, 0.25) is 0 Å². The summed E-state index contributed by atoms with van der Waals surface area (Å²) in [6, 6.07) is 4.44. The van der Waals surface area contributed by atoms with Crippen molar-refractivity contribution in [2.75, 3.05) is 13.1 Å². The number of nitrogens with zero attached hydrogens (tertiary/aromatic N) is 2. The first-order valence-electron chi connectivity index (χ1n) is 5.83. The molecule has 1 saturated heterocycles. The summed E-state index contributed by atoms with van der Waals surface area (Å²) < 4.78 is 0. The molecule has 0 bridgehead atoms. The molecule has 5 nitrogen and oxygen atoms in total. The van der Waals surface area contributed by atoms with Crippen molar-refractivity contribution in [3.63, 3.8) is 0 Å². The van der Waals surface area contributed by atoms with Gasteiger partial charge < -0.3 is 4.90 Å². The van der Waals surface area contributed by atoms with Gasteiger partial charge in [0.05, 0.1) is 4.92 Å². The van der Waals surface area contributed by atoms with E-state index in [2.05, 4.69) is 0 Å². The summed E-state index contributed by atoms with van der Waals surface area (Å²) in [5.41, 5.74) is -0.218. The van der Waals surface area contributed by atoms with Crippen LogP contribution >= 0.6 is 11.6 Å². The Balaban J connectivity index is 2.35. The molecule has 1 amide bonds. The highest BCUT2D eigenvalue weighted by Crippen LogP contribution is 2.29. The van der Waals surface area contributed by atoms with E-state index in [0.29, 0.717) is 13.1 Å². The summed E-state index contributed by atoms with van der Waals surface area (Å²) in [4.78, 5) is 24.3. The van der Waals surface area contributed by atoms with Crippen molar-refractivity contribution in [2.24, 2.45) is 0 Å². The maximum absolute atomic E-state index is 12.2. The molecule has 6 heteroatoms. The van der Waals surface area contributed by atoms with Crippen LogP contribution in [0.4, 0.5) is 5.69 Å². The lowest BCUT2D eigenvalue weighted by molar-refractivity contribution is -0.385. The minimum absolute atomic E-state index is 0.00265. The molecular formula is C12H13ClN2O3. The fraction of sp³-hybridized carbons (Fsp3) is 0.417. The number of nitro benzene ring substituents is 1. The average Bonchev–Trinajstić information content (AvgIpc) is 2.38. The Morgan fingerprint density at radius 2 is 1.94 bits per heavy atom. The highest BCUT2D eigenvalue weighted by atomic mass is 35.5. The summed E-state index contributed by atoms with van der Waals surface area (Å²) in [6.07, 6.45) is 2.99. The summed E-state index contributed by atoms with van der Waals surface area (Å²) >= 11 is 5.79. The standard InChI is InChI=1S/C12H13ClN2O3/c13-10-6-4-5-9(11(10)15(17)18)12(16)14-7-2-1-3-8-14/h4-6H,1-3,7-8H2. The van der Waals surface area contributed by atoms with Crippen LogP contribution in [-0.2, 0) is 0 Å². The number of benzene rings is 1.